The number of anilines is 1. The first-order valence-corrected chi connectivity index (χ1v) is 7.25. The molecule has 0 spiro atoms. The molecule has 0 aliphatic carbocycles. The van der Waals surface area contributed by atoms with Crippen molar-refractivity contribution in [2.75, 3.05) is 31.6 Å². The van der Waals surface area contributed by atoms with Crippen LogP contribution in [0.4, 0.5) is 11.4 Å². The molecule has 2 rings (SSSR count). The van der Waals surface area contributed by atoms with Crippen molar-refractivity contribution in [2.45, 2.75) is 26.4 Å². The summed E-state index contributed by atoms with van der Waals surface area (Å²) in [6.07, 6.45) is 0. The van der Waals surface area contributed by atoms with Gasteiger partial charge >= 0.3 is 0 Å². The Morgan fingerprint density at radius 1 is 1.48 bits per heavy atom. The van der Waals surface area contributed by atoms with Gasteiger partial charge in [-0.05, 0) is 25.1 Å². The van der Waals surface area contributed by atoms with Gasteiger partial charge in [0.2, 0.25) is 0 Å². The molecule has 21 heavy (non-hydrogen) atoms. The van der Waals surface area contributed by atoms with Gasteiger partial charge in [0, 0.05) is 38.3 Å². The van der Waals surface area contributed by atoms with Crippen molar-refractivity contribution < 1.29 is 4.92 Å². The van der Waals surface area contributed by atoms with E-state index in [0.717, 1.165) is 38.3 Å². The van der Waals surface area contributed by atoms with E-state index in [1.165, 1.54) is 0 Å². The van der Waals surface area contributed by atoms with Crippen LogP contribution >= 0.6 is 0 Å². The standard InChI is InChI=1S/C14H23N5O2/c1-3-18-7-6-17(9-11(18)2)10-12-4-5-13(16-15)14(8-12)19(20)21/h4-5,8,11,16H,3,6-7,9-10,15H2,1-2H3. The highest BCUT2D eigenvalue weighted by Crippen LogP contribution is 2.25. The number of rotatable bonds is 5. The number of likely N-dealkylation sites (N-methyl/N-ethyl adjacent to an activating group) is 1. The van der Waals surface area contributed by atoms with E-state index in [2.05, 4.69) is 29.1 Å². The number of hydrogen-bond acceptors (Lipinski definition) is 6. The van der Waals surface area contributed by atoms with Gasteiger partial charge in [0.05, 0.1) is 4.92 Å². The molecule has 0 radical (unpaired) electrons. The minimum atomic E-state index is -0.406. The van der Waals surface area contributed by atoms with E-state index < -0.39 is 4.92 Å². The zero-order valence-corrected chi connectivity index (χ0v) is 12.6. The van der Waals surface area contributed by atoms with Crippen LogP contribution < -0.4 is 11.3 Å². The number of hydrogen-bond donors (Lipinski definition) is 2. The molecule has 1 aliphatic heterocycles. The van der Waals surface area contributed by atoms with Crippen LogP contribution in [-0.2, 0) is 6.54 Å². The molecule has 7 nitrogen and oxygen atoms in total. The summed E-state index contributed by atoms with van der Waals surface area (Å²) in [5.74, 6) is 5.30. The number of nitro groups is 1. The van der Waals surface area contributed by atoms with Crippen LogP contribution in [-0.4, -0.2) is 46.9 Å². The van der Waals surface area contributed by atoms with Crippen molar-refractivity contribution in [3.8, 4) is 0 Å². The molecule has 0 amide bonds. The molecular weight excluding hydrogens is 270 g/mol. The quantitative estimate of drug-likeness (QED) is 0.485. The van der Waals surface area contributed by atoms with E-state index in [9.17, 15) is 10.1 Å². The van der Waals surface area contributed by atoms with Crippen LogP contribution in [0.1, 0.15) is 19.4 Å². The van der Waals surface area contributed by atoms with E-state index in [0.29, 0.717) is 11.7 Å². The van der Waals surface area contributed by atoms with E-state index >= 15 is 0 Å². The average molecular weight is 293 g/mol. The SMILES string of the molecule is CCN1CCN(Cc2ccc(NN)c([N+](=O)[O-])c2)CC1C. The molecule has 0 aromatic heterocycles. The van der Waals surface area contributed by atoms with Gasteiger partial charge in [0.25, 0.3) is 5.69 Å². The largest absolute Gasteiger partial charge is 0.318 e. The molecule has 1 saturated heterocycles. The lowest BCUT2D eigenvalue weighted by Crippen LogP contribution is -2.51. The molecule has 3 N–H and O–H groups in total. The minimum Gasteiger partial charge on any atom is -0.318 e. The normalized spacial score (nSPS) is 20.4. The Hall–Kier alpha value is -1.70. The van der Waals surface area contributed by atoms with E-state index in [-0.39, 0.29) is 5.69 Å². The molecule has 1 aliphatic rings. The maximum atomic E-state index is 11.0. The summed E-state index contributed by atoms with van der Waals surface area (Å²) in [6, 6.07) is 5.67. The minimum absolute atomic E-state index is 0.0234. The zero-order valence-electron chi connectivity index (χ0n) is 12.6. The number of benzene rings is 1. The van der Waals surface area contributed by atoms with Crippen molar-refractivity contribution in [1.29, 1.82) is 0 Å². The summed E-state index contributed by atoms with van der Waals surface area (Å²) in [7, 11) is 0. The first kappa shape index (κ1) is 15.7. The van der Waals surface area contributed by atoms with Gasteiger partial charge in [-0.25, -0.2) is 0 Å². The zero-order chi connectivity index (χ0) is 15.4. The highest BCUT2D eigenvalue weighted by atomic mass is 16.6. The maximum Gasteiger partial charge on any atom is 0.293 e. The Kier molecular flexibility index (Phi) is 5.11. The topological polar surface area (TPSA) is 87.7 Å². The van der Waals surface area contributed by atoms with E-state index in [1.807, 2.05) is 6.07 Å². The van der Waals surface area contributed by atoms with E-state index in [4.69, 9.17) is 5.84 Å². The van der Waals surface area contributed by atoms with Gasteiger partial charge in [-0.2, -0.15) is 0 Å². The van der Waals surface area contributed by atoms with Gasteiger partial charge < -0.3 is 5.43 Å². The molecule has 7 heteroatoms. The van der Waals surface area contributed by atoms with Gasteiger partial charge in [0.15, 0.2) is 0 Å². The van der Waals surface area contributed by atoms with Crippen LogP contribution in [0.5, 0.6) is 0 Å². The van der Waals surface area contributed by atoms with Crippen molar-refractivity contribution in [1.82, 2.24) is 9.80 Å². The van der Waals surface area contributed by atoms with Gasteiger partial charge in [-0.3, -0.25) is 25.8 Å². The van der Waals surface area contributed by atoms with Crippen molar-refractivity contribution in [2.24, 2.45) is 5.84 Å². The number of piperazine rings is 1. The lowest BCUT2D eigenvalue weighted by Gasteiger charge is -2.39. The van der Waals surface area contributed by atoms with Crippen LogP contribution in [0.15, 0.2) is 18.2 Å². The lowest BCUT2D eigenvalue weighted by atomic mass is 10.1. The summed E-state index contributed by atoms with van der Waals surface area (Å²) >= 11 is 0. The van der Waals surface area contributed by atoms with E-state index in [1.54, 1.807) is 12.1 Å². The molecule has 1 aromatic carbocycles. The third kappa shape index (κ3) is 3.69. The maximum absolute atomic E-state index is 11.0. The van der Waals surface area contributed by atoms with Crippen LogP contribution in [0.3, 0.4) is 0 Å². The fraction of sp³-hybridized carbons (Fsp3) is 0.571. The summed E-state index contributed by atoms with van der Waals surface area (Å²) in [5, 5.41) is 11.0. The number of nitrogens with two attached hydrogens (primary N) is 1. The summed E-state index contributed by atoms with van der Waals surface area (Å²) in [5.41, 5.74) is 3.67. The van der Waals surface area contributed by atoms with Crippen molar-refractivity contribution in [3.05, 3.63) is 33.9 Å². The number of nitrogens with zero attached hydrogens (tertiary/aromatic N) is 3. The first-order chi connectivity index (χ1) is 10.0. The average Bonchev–Trinajstić information content (AvgIpc) is 2.47. The Bertz CT molecular complexity index is 508. The molecule has 1 heterocycles. The van der Waals surface area contributed by atoms with Crippen molar-refractivity contribution >= 4 is 11.4 Å². The van der Waals surface area contributed by atoms with Crippen molar-refractivity contribution in [3.63, 3.8) is 0 Å². The summed E-state index contributed by atoms with van der Waals surface area (Å²) < 4.78 is 0. The number of nitrogens with one attached hydrogen (secondary N) is 1. The molecule has 1 atom stereocenters. The second-order valence-electron chi connectivity index (χ2n) is 5.47. The second kappa shape index (κ2) is 6.84. The molecule has 1 aromatic rings. The molecule has 1 fully saturated rings. The monoisotopic (exact) mass is 293 g/mol. The highest BCUT2D eigenvalue weighted by Gasteiger charge is 2.23. The molecule has 0 bridgehead atoms. The summed E-state index contributed by atoms with van der Waals surface area (Å²) in [4.78, 5) is 15.4. The van der Waals surface area contributed by atoms with Crippen LogP contribution in [0, 0.1) is 10.1 Å². The van der Waals surface area contributed by atoms with Crippen LogP contribution in [0.25, 0.3) is 0 Å². The fourth-order valence-corrected chi connectivity index (χ4v) is 2.89. The Labute approximate surface area is 124 Å². The predicted molar refractivity (Wildman–Crippen MR) is 82.9 cm³/mol. The number of nitrogen functional groups attached to an aromatic ring is 1. The third-order valence-electron chi connectivity index (χ3n) is 4.08. The third-order valence-corrected chi connectivity index (χ3v) is 4.08. The molecule has 116 valence electrons. The van der Waals surface area contributed by atoms with Gasteiger partial charge in [0.1, 0.15) is 5.69 Å². The molecular formula is C14H23N5O2. The number of hydrazine groups is 1. The fourth-order valence-electron chi connectivity index (χ4n) is 2.89. The predicted octanol–water partition coefficient (Wildman–Crippen LogP) is 1.41. The first-order valence-electron chi connectivity index (χ1n) is 7.25. The van der Waals surface area contributed by atoms with Gasteiger partial charge in [-0.15, -0.1) is 0 Å². The Morgan fingerprint density at radius 3 is 2.81 bits per heavy atom. The lowest BCUT2D eigenvalue weighted by molar-refractivity contribution is -0.384. The number of nitro benzene ring substituents is 1. The van der Waals surface area contributed by atoms with Gasteiger partial charge in [-0.1, -0.05) is 13.0 Å². The van der Waals surface area contributed by atoms with Crippen LogP contribution in [0.2, 0.25) is 0 Å². The smallest absolute Gasteiger partial charge is 0.293 e. The Morgan fingerprint density at radius 2 is 2.24 bits per heavy atom. The summed E-state index contributed by atoms with van der Waals surface area (Å²) in [6.45, 7) is 9.21. The Balaban J connectivity index is 2.07. The molecule has 0 saturated carbocycles. The molecule has 1 unspecified atom stereocenters. The second-order valence-corrected chi connectivity index (χ2v) is 5.47. The highest BCUT2D eigenvalue weighted by molar-refractivity contribution is 5.61.